The van der Waals surface area contributed by atoms with Crippen LogP contribution in [0.15, 0.2) is 267 Å². The monoisotopic (exact) mass is 1330 g/mol. The third kappa shape index (κ3) is 20.0. The van der Waals surface area contributed by atoms with Crippen LogP contribution in [-0.4, -0.2) is 70.4 Å². The van der Waals surface area contributed by atoms with Gasteiger partial charge in [-0.3, -0.25) is 0 Å². The van der Waals surface area contributed by atoms with E-state index in [1.54, 1.807) is 0 Å². The van der Waals surface area contributed by atoms with E-state index in [1.165, 1.54) is 42.4 Å². The second-order valence-electron chi connectivity index (χ2n) is 16.9. The van der Waals surface area contributed by atoms with Crippen molar-refractivity contribution in [1.29, 1.82) is 0 Å². The molecule has 76 heavy (non-hydrogen) atoms. The molecule has 392 valence electrons. The standard InChI is InChI=1S/2C31H30N2P2.4ClH.2Ru/c2*1-5-13-28(14-6-1)34(29-15-7-2-8-16-29)25-23-32-21-22-33(27-32)24-26-35(30-17-9-3-10-18-30)31-19-11-4-12-20-31;;;;;;/h2*1-22H,23-26H2;4*1H;;/q;;;;;;2*+2/p-4. The van der Waals surface area contributed by atoms with Crippen molar-refractivity contribution in [2.24, 2.45) is 0 Å². The SMILES string of the molecule is [C]1N(CCP(c2ccccc2)c2ccccc2)C=CN1CCP(c1ccccc1)c1ccccc1.[C]1N(CCP(c2ccccc2)c2ccccc2)C=CN1CCP(c1ccccc1)c1ccccc1.[Cl-].[Cl][Ru+].[Cl][Ru][Cl]. The van der Waals surface area contributed by atoms with Crippen molar-refractivity contribution in [3.05, 3.63) is 281 Å². The van der Waals surface area contributed by atoms with E-state index < -0.39 is 31.7 Å². The molecular formula is C62H60Cl4N4P4Ru2. The molecular weight excluding hydrogens is 1270 g/mol. The summed E-state index contributed by atoms with van der Waals surface area (Å²) in [4.78, 5) is 8.92. The van der Waals surface area contributed by atoms with E-state index in [1.807, 2.05) is 17.3 Å². The second kappa shape index (κ2) is 35.9. The maximum atomic E-state index is 4.85. The van der Waals surface area contributed by atoms with Crippen molar-refractivity contribution >= 4 is 103 Å². The van der Waals surface area contributed by atoms with Crippen LogP contribution in [0.5, 0.6) is 0 Å². The summed E-state index contributed by atoms with van der Waals surface area (Å²) in [5.41, 5.74) is 0. The Labute approximate surface area is 494 Å². The Bertz CT molecular complexity index is 2270. The molecule has 0 aliphatic carbocycles. The number of hydrogen-bond acceptors (Lipinski definition) is 4. The fourth-order valence-corrected chi connectivity index (χ4v) is 17.8. The Morgan fingerprint density at radius 1 is 0.289 bits per heavy atom. The molecule has 14 heteroatoms. The van der Waals surface area contributed by atoms with Crippen LogP contribution in [0.1, 0.15) is 0 Å². The van der Waals surface area contributed by atoms with Crippen LogP contribution in [0.2, 0.25) is 0 Å². The fraction of sp³-hybridized carbons (Fsp3) is 0.129. The summed E-state index contributed by atoms with van der Waals surface area (Å²) in [5.74, 6) is 0. The third-order valence-electron chi connectivity index (χ3n) is 12.2. The number of benzene rings is 8. The molecule has 0 fully saturated rings. The summed E-state index contributed by atoms with van der Waals surface area (Å²) in [7, 11) is 12.7. The Balaban J connectivity index is 0.000000225. The van der Waals surface area contributed by atoms with Gasteiger partial charge in [-0.1, -0.05) is 243 Å². The molecule has 0 spiro atoms. The normalized spacial score (nSPS) is 12.5. The fourth-order valence-electron chi connectivity index (χ4n) is 8.61. The molecule has 4 radical (unpaired) electrons. The summed E-state index contributed by atoms with van der Waals surface area (Å²) < 4.78 is 0. The van der Waals surface area contributed by atoms with Crippen molar-refractivity contribution in [3.63, 3.8) is 0 Å². The van der Waals surface area contributed by atoms with Gasteiger partial charge in [0.1, 0.15) is 0 Å². The molecule has 8 aromatic rings. The first kappa shape index (κ1) is 61.8. The molecule has 4 nitrogen and oxygen atoms in total. The van der Waals surface area contributed by atoms with Gasteiger partial charge in [-0.15, -0.1) is 0 Å². The molecule has 0 saturated carbocycles. The molecule has 2 aliphatic heterocycles. The molecule has 8 aromatic carbocycles. The van der Waals surface area contributed by atoms with E-state index in [2.05, 4.69) is 310 Å². The van der Waals surface area contributed by atoms with E-state index in [0.29, 0.717) is 0 Å². The van der Waals surface area contributed by atoms with Crippen molar-refractivity contribution in [2.45, 2.75) is 0 Å². The van der Waals surface area contributed by atoms with Crippen LogP contribution in [-0.2, 0) is 32.5 Å². The van der Waals surface area contributed by atoms with E-state index in [0.717, 1.165) is 50.8 Å². The van der Waals surface area contributed by atoms with Crippen LogP contribution >= 0.6 is 60.8 Å². The van der Waals surface area contributed by atoms with Gasteiger partial charge in [-0.05, 0) is 98.8 Å². The minimum atomic E-state index is -0.391. The third-order valence-corrected chi connectivity index (χ3v) is 22.1. The molecule has 0 unspecified atom stereocenters. The zero-order valence-electron chi connectivity index (χ0n) is 41.9. The predicted molar refractivity (Wildman–Crippen MR) is 325 cm³/mol. The average Bonchev–Trinajstić information content (AvgIpc) is 4.16. The molecule has 0 bridgehead atoms. The van der Waals surface area contributed by atoms with Crippen LogP contribution in [0.4, 0.5) is 0 Å². The van der Waals surface area contributed by atoms with Gasteiger partial charge in [0.15, 0.2) is 0 Å². The summed E-state index contributed by atoms with van der Waals surface area (Å²) in [5, 5.41) is 11.5. The number of halogens is 4. The van der Waals surface area contributed by atoms with Gasteiger partial charge < -0.3 is 32.0 Å². The first-order valence-corrected chi connectivity index (χ1v) is 37.4. The number of rotatable bonds is 20. The van der Waals surface area contributed by atoms with Gasteiger partial charge >= 0.3 is 61.5 Å². The van der Waals surface area contributed by atoms with Crippen molar-refractivity contribution < 1.29 is 44.9 Å². The molecule has 0 aromatic heterocycles. The van der Waals surface area contributed by atoms with Gasteiger partial charge in [0, 0.05) is 51.0 Å². The first-order chi connectivity index (χ1) is 37.1. The molecule has 0 atom stereocenters. The number of nitrogens with zero attached hydrogens (tertiary/aromatic N) is 4. The molecule has 0 saturated heterocycles. The Kier molecular flexibility index (Phi) is 29.2. The van der Waals surface area contributed by atoms with E-state index >= 15 is 0 Å². The predicted octanol–water partition coefficient (Wildman–Crippen LogP) is 9.74. The van der Waals surface area contributed by atoms with Gasteiger partial charge in [-0.2, -0.15) is 0 Å². The maximum absolute atomic E-state index is 4.85. The molecule has 0 amide bonds. The summed E-state index contributed by atoms with van der Waals surface area (Å²) >= 11 is 1.48. The second-order valence-corrected chi connectivity index (χ2v) is 28.9. The summed E-state index contributed by atoms with van der Waals surface area (Å²) in [6.45, 7) is 11.0. The topological polar surface area (TPSA) is 13.0 Å². The zero-order valence-corrected chi connectivity index (χ0v) is 51.9. The van der Waals surface area contributed by atoms with E-state index in [4.69, 9.17) is 19.4 Å². The Morgan fingerprint density at radius 2 is 0.421 bits per heavy atom. The van der Waals surface area contributed by atoms with Gasteiger partial charge in [-0.25, -0.2) is 0 Å². The van der Waals surface area contributed by atoms with Crippen molar-refractivity contribution in [3.8, 4) is 0 Å². The van der Waals surface area contributed by atoms with Crippen molar-refractivity contribution in [2.75, 3.05) is 50.8 Å². The summed E-state index contributed by atoms with van der Waals surface area (Å²) in [6.07, 6.45) is 13.1. The zero-order chi connectivity index (χ0) is 52.1. The van der Waals surface area contributed by atoms with Crippen LogP contribution in [0.3, 0.4) is 0 Å². The Morgan fingerprint density at radius 3 is 0.553 bits per heavy atom. The number of hydrogen-bond donors (Lipinski definition) is 0. The quantitative estimate of drug-likeness (QED) is 0.0557. The van der Waals surface area contributed by atoms with Crippen LogP contribution in [0.25, 0.3) is 0 Å². The average molecular weight is 1330 g/mol. The van der Waals surface area contributed by atoms with Gasteiger partial charge in [0.25, 0.3) is 0 Å². The molecule has 2 aliphatic rings. The van der Waals surface area contributed by atoms with Crippen LogP contribution in [0, 0.1) is 13.3 Å². The van der Waals surface area contributed by atoms with Gasteiger partial charge in [0.05, 0.1) is 0 Å². The summed E-state index contributed by atoms with van der Waals surface area (Å²) in [6, 6.07) is 87.6. The molecule has 0 N–H and O–H groups in total. The van der Waals surface area contributed by atoms with Gasteiger partial charge in [0.2, 0.25) is 13.3 Å². The molecule has 10 rings (SSSR count). The van der Waals surface area contributed by atoms with E-state index in [9.17, 15) is 0 Å². The molecule has 2 heterocycles. The van der Waals surface area contributed by atoms with E-state index in [-0.39, 0.29) is 27.6 Å². The van der Waals surface area contributed by atoms with Crippen LogP contribution < -0.4 is 54.8 Å². The first-order valence-electron chi connectivity index (χ1n) is 24.6. The minimum absolute atomic E-state index is 0. The Hall–Kier alpha value is -3.43. The van der Waals surface area contributed by atoms with Crippen molar-refractivity contribution in [1.82, 2.24) is 19.6 Å².